The Morgan fingerprint density at radius 3 is 2.48 bits per heavy atom. The Bertz CT molecular complexity index is 598. The van der Waals surface area contributed by atoms with Gasteiger partial charge < -0.3 is 10.2 Å². The molecule has 2 N–H and O–H groups in total. The van der Waals surface area contributed by atoms with Crippen LogP contribution < -0.4 is 0 Å². The molecule has 3 nitrogen and oxygen atoms in total. The van der Waals surface area contributed by atoms with Gasteiger partial charge in [0.2, 0.25) is 0 Å². The third kappa shape index (κ3) is 6.03. The summed E-state index contributed by atoms with van der Waals surface area (Å²) >= 11 is 0. The van der Waals surface area contributed by atoms with Gasteiger partial charge in [-0.25, -0.2) is 4.79 Å². The number of aliphatic carboxylic acids is 1. The second kappa shape index (κ2) is 8.11. The molecule has 0 aromatic heterocycles. The van der Waals surface area contributed by atoms with Crippen molar-refractivity contribution in [2.24, 2.45) is 5.41 Å². The fraction of sp³-hybridized carbons (Fsp3) is 0.450. The van der Waals surface area contributed by atoms with Crippen LogP contribution in [-0.2, 0) is 4.79 Å². The van der Waals surface area contributed by atoms with Crippen LogP contribution in [0.2, 0.25) is 0 Å². The van der Waals surface area contributed by atoms with Gasteiger partial charge in [-0.05, 0) is 55.7 Å². The molecule has 0 bridgehead atoms. The van der Waals surface area contributed by atoms with Crippen molar-refractivity contribution in [2.45, 2.75) is 53.6 Å². The van der Waals surface area contributed by atoms with Crippen LogP contribution in [0.1, 0.15) is 47.5 Å². The van der Waals surface area contributed by atoms with Gasteiger partial charge in [-0.1, -0.05) is 49.8 Å². The van der Waals surface area contributed by atoms with Crippen LogP contribution in [-0.4, -0.2) is 22.3 Å². The quantitative estimate of drug-likeness (QED) is 0.577. The number of hydrogen-bond acceptors (Lipinski definition) is 2. The monoisotopic (exact) mass is 316 g/mol. The number of carboxylic acids is 1. The highest BCUT2D eigenvalue weighted by Gasteiger charge is 2.30. The Morgan fingerprint density at radius 2 is 1.87 bits per heavy atom. The molecule has 0 saturated heterocycles. The molecular formula is C20H28O3. The SMILES string of the molecule is CC1=C(/C=C/C(C)=C/C=C/C(C)=C/C(=O)O)C(C)(C)CC[C@H]1O. The summed E-state index contributed by atoms with van der Waals surface area (Å²) in [7, 11) is 0. The molecule has 1 rings (SSSR count). The van der Waals surface area contributed by atoms with Crippen LogP contribution in [0.15, 0.2) is 58.7 Å². The van der Waals surface area contributed by atoms with Crippen molar-refractivity contribution in [1.82, 2.24) is 0 Å². The van der Waals surface area contributed by atoms with Crippen LogP contribution in [0, 0.1) is 5.41 Å². The third-order valence-corrected chi connectivity index (χ3v) is 4.28. The Labute approximate surface area is 139 Å². The molecule has 1 aliphatic rings. The van der Waals surface area contributed by atoms with Gasteiger partial charge in [0.05, 0.1) is 6.10 Å². The number of carboxylic acid groups (broad SMARTS) is 1. The maximum absolute atomic E-state index is 10.5. The average molecular weight is 316 g/mol. The van der Waals surface area contributed by atoms with Gasteiger partial charge in [0.15, 0.2) is 0 Å². The van der Waals surface area contributed by atoms with Crippen molar-refractivity contribution in [3.63, 3.8) is 0 Å². The van der Waals surface area contributed by atoms with E-state index in [4.69, 9.17) is 5.11 Å². The predicted molar refractivity (Wildman–Crippen MR) is 95.2 cm³/mol. The first-order chi connectivity index (χ1) is 10.6. The molecule has 0 radical (unpaired) electrons. The van der Waals surface area contributed by atoms with Gasteiger partial charge in [-0.15, -0.1) is 0 Å². The summed E-state index contributed by atoms with van der Waals surface area (Å²) in [5.74, 6) is -0.937. The third-order valence-electron chi connectivity index (χ3n) is 4.28. The lowest BCUT2D eigenvalue weighted by molar-refractivity contribution is -0.131. The number of carbonyl (C=O) groups is 1. The van der Waals surface area contributed by atoms with Gasteiger partial charge >= 0.3 is 5.97 Å². The summed E-state index contributed by atoms with van der Waals surface area (Å²) in [6.45, 7) is 10.2. The lowest BCUT2D eigenvalue weighted by Crippen LogP contribution is -2.27. The lowest BCUT2D eigenvalue weighted by atomic mass is 9.71. The van der Waals surface area contributed by atoms with Crippen LogP contribution in [0.25, 0.3) is 0 Å². The Hall–Kier alpha value is -1.87. The largest absolute Gasteiger partial charge is 0.478 e. The van der Waals surface area contributed by atoms with Crippen molar-refractivity contribution in [1.29, 1.82) is 0 Å². The van der Waals surface area contributed by atoms with Gasteiger partial charge in [0.25, 0.3) is 0 Å². The standard InChI is InChI=1S/C20H28O3/c1-14(7-6-8-15(2)13-19(22)23)9-10-17-16(3)18(21)11-12-20(17,4)5/h6-10,13,18,21H,11-12H2,1-5H3,(H,22,23)/b8-6+,10-9+,14-7+,15-13+/t18-/m1/s1. The Balaban J connectivity index is 2.87. The molecule has 0 aromatic carbocycles. The first-order valence-corrected chi connectivity index (χ1v) is 7.97. The highest BCUT2D eigenvalue weighted by Crippen LogP contribution is 2.40. The van der Waals surface area contributed by atoms with Crippen LogP contribution in [0.3, 0.4) is 0 Å². The van der Waals surface area contributed by atoms with E-state index in [1.54, 1.807) is 13.0 Å². The molecule has 1 aliphatic carbocycles. The fourth-order valence-electron chi connectivity index (χ4n) is 2.78. The van der Waals surface area contributed by atoms with E-state index in [0.29, 0.717) is 5.57 Å². The number of rotatable bonds is 5. The normalized spacial score (nSPS) is 23.1. The number of aliphatic hydroxyl groups excluding tert-OH is 1. The van der Waals surface area contributed by atoms with Gasteiger partial charge in [0.1, 0.15) is 0 Å². The number of hydrogen-bond donors (Lipinski definition) is 2. The summed E-state index contributed by atoms with van der Waals surface area (Å²) in [6, 6.07) is 0. The first kappa shape index (κ1) is 19.2. The van der Waals surface area contributed by atoms with Gasteiger partial charge in [-0.3, -0.25) is 0 Å². The molecule has 0 fully saturated rings. The molecular weight excluding hydrogens is 288 g/mol. The smallest absolute Gasteiger partial charge is 0.328 e. The van der Waals surface area contributed by atoms with Gasteiger partial charge in [0, 0.05) is 6.08 Å². The van der Waals surface area contributed by atoms with E-state index in [0.717, 1.165) is 24.0 Å². The van der Waals surface area contributed by atoms with E-state index in [1.165, 1.54) is 11.6 Å². The number of allylic oxidation sites excluding steroid dienone is 8. The van der Waals surface area contributed by atoms with Crippen molar-refractivity contribution in [2.75, 3.05) is 0 Å². The Morgan fingerprint density at radius 1 is 1.22 bits per heavy atom. The van der Waals surface area contributed by atoms with Crippen molar-refractivity contribution < 1.29 is 15.0 Å². The van der Waals surface area contributed by atoms with Crippen molar-refractivity contribution >= 4 is 5.97 Å². The zero-order valence-electron chi connectivity index (χ0n) is 14.8. The van der Waals surface area contributed by atoms with Gasteiger partial charge in [-0.2, -0.15) is 0 Å². The summed E-state index contributed by atoms with van der Waals surface area (Å²) in [5.41, 5.74) is 4.11. The molecule has 0 amide bonds. The lowest BCUT2D eigenvalue weighted by Gasteiger charge is -2.35. The number of aliphatic hydroxyl groups is 1. The van der Waals surface area contributed by atoms with E-state index >= 15 is 0 Å². The van der Waals surface area contributed by atoms with Crippen molar-refractivity contribution in [3.05, 3.63) is 58.7 Å². The Kier molecular flexibility index (Phi) is 6.77. The second-order valence-corrected chi connectivity index (χ2v) is 6.86. The molecule has 0 aromatic rings. The second-order valence-electron chi connectivity index (χ2n) is 6.86. The molecule has 3 heteroatoms. The van der Waals surface area contributed by atoms with Crippen LogP contribution in [0.4, 0.5) is 0 Å². The van der Waals surface area contributed by atoms with Crippen LogP contribution >= 0.6 is 0 Å². The van der Waals surface area contributed by atoms with E-state index in [1.807, 2.05) is 32.1 Å². The average Bonchev–Trinajstić information content (AvgIpc) is 2.42. The van der Waals surface area contributed by atoms with E-state index < -0.39 is 5.97 Å². The molecule has 0 aliphatic heterocycles. The highest BCUT2D eigenvalue weighted by atomic mass is 16.4. The first-order valence-electron chi connectivity index (χ1n) is 7.97. The summed E-state index contributed by atoms with van der Waals surface area (Å²) in [5, 5.41) is 18.7. The van der Waals surface area contributed by atoms with E-state index in [9.17, 15) is 9.90 Å². The molecule has 23 heavy (non-hydrogen) atoms. The zero-order valence-corrected chi connectivity index (χ0v) is 14.8. The summed E-state index contributed by atoms with van der Waals surface area (Å²) in [4.78, 5) is 10.5. The van der Waals surface area contributed by atoms with Crippen molar-refractivity contribution in [3.8, 4) is 0 Å². The maximum Gasteiger partial charge on any atom is 0.328 e. The predicted octanol–water partition coefficient (Wildman–Crippen LogP) is 4.57. The highest BCUT2D eigenvalue weighted by molar-refractivity contribution is 5.81. The maximum atomic E-state index is 10.5. The van der Waals surface area contributed by atoms with Crippen LogP contribution in [0.5, 0.6) is 0 Å². The molecule has 0 saturated carbocycles. The minimum absolute atomic E-state index is 0.0801. The van der Waals surface area contributed by atoms with E-state index in [-0.39, 0.29) is 11.5 Å². The molecule has 0 spiro atoms. The topological polar surface area (TPSA) is 57.5 Å². The summed E-state index contributed by atoms with van der Waals surface area (Å²) in [6.07, 6.45) is 12.3. The molecule has 0 heterocycles. The fourth-order valence-corrected chi connectivity index (χ4v) is 2.78. The minimum atomic E-state index is -0.937. The minimum Gasteiger partial charge on any atom is -0.478 e. The van der Waals surface area contributed by atoms with E-state index in [2.05, 4.69) is 19.9 Å². The summed E-state index contributed by atoms with van der Waals surface area (Å²) < 4.78 is 0. The molecule has 1 atom stereocenters. The molecule has 126 valence electrons. The zero-order chi connectivity index (χ0) is 17.6. The molecule has 0 unspecified atom stereocenters.